The molecule has 0 saturated heterocycles. The van der Waals surface area contributed by atoms with Crippen molar-refractivity contribution in [1.82, 2.24) is 9.59 Å². The summed E-state index contributed by atoms with van der Waals surface area (Å²) >= 11 is 7.36. The van der Waals surface area contributed by atoms with Gasteiger partial charge in [0.2, 0.25) is 5.91 Å². The summed E-state index contributed by atoms with van der Waals surface area (Å²) < 4.78 is 31.7. The molecule has 132 valence electrons. The Labute approximate surface area is 158 Å². The van der Waals surface area contributed by atoms with Crippen molar-refractivity contribution < 1.29 is 13.2 Å². The molecule has 2 N–H and O–H groups in total. The average molecular weight is 407 g/mol. The molecule has 10 heteroatoms. The molecule has 0 bridgehead atoms. The highest BCUT2D eigenvalue weighted by atomic mass is 35.5. The average Bonchev–Trinajstić information content (AvgIpc) is 3.23. The maximum atomic E-state index is 12.7. The number of nitrogens with one attached hydrogen (secondary N) is 2. The Balaban J connectivity index is 1.62. The van der Waals surface area contributed by atoms with Crippen LogP contribution in [0.3, 0.4) is 0 Å². The predicted molar refractivity (Wildman–Crippen MR) is 99.9 cm³/mol. The van der Waals surface area contributed by atoms with Crippen LogP contribution in [0.4, 0.5) is 11.4 Å². The van der Waals surface area contributed by atoms with Gasteiger partial charge in [0.15, 0.2) is 0 Å². The molecule has 3 aromatic rings. The molecule has 2 heterocycles. The lowest BCUT2D eigenvalue weighted by atomic mass is 10.2. The van der Waals surface area contributed by atoms with Crippen LogP contribution in [0.25, 0.3) is 11.3 Å². The molecular weight excluding hydrogens is 396 g/mol. The fraction of sp³-hybridized carbons (Fsp3) is 0.0625. The number of fused-ring (bicyclic) bond motifs is 1. The number of hydrogen-bond donors (Lipinski definition) is 2. The first-order valence-corrected chi connectivity index (χ1v) is 10.1. The Morgan fingerprint density at radius 3 is 2.65 bits per heavy atom. The minimum Gasteiger partial charge on any atom is -0.325 e. The van der Waals surface area contributed by atoms with E-state index in [1.807, 2.05) is 0 Å². The number of carbonyl (C=O) groups is 1. The predicted octanol–water partition coefficient (Wildman–Crippen LogP) is 3.15. The van der Waals surface area contributed by atoms with Crippen molar-refractivity contribution in [1.29, 1.82) is 0 Å². The number of hydrogen-bond acceptors (Lipinski definition) is 6. The molecule has 0 fully saturated rings. The van der Waals surface area contributed by atoms with Gasteiger partial charge in [-0.05, 0) is 41.4 Å². The van der Waals surface area contributed by atoms with Gasteiger partial charge in [-0.1, -0.05) is 28.2 Å². The number of sulfonamides is 1. The first-order chi connectivity index (χ1) is 12.4. The third-order valence-corrected chi connectivity index (χ3v) is 6.22. The highest BCUT2D eigenvalue weighted by Crippen LogP contribution is 2.33. The lowest BCUT2D eigenvalue weighted by Gasteiger charge is -2.11. The van der Waals surface area contributed by atoms with Crippen molar-refractivity contribution >= 4 is 50.4 Å². The summed E-state index contributed by atoms with van der Waals surface area (Å²) in [5, 5.41) is 8.46. The molecule has 0 unspecified atom stereocenters. The third kappa shape index (κ3) is 3.16. The van der Waals surface area contributed by atoms with Gasteiger partial charge in [0, 0.05) is 22.3 Å². The second-order valence-electron chi connectivity index (χ2n) is 5.64. The standard InChI is InChI=1S/C16H11ClN4O3S2/c17-12-7-13-10(6-16(22)18-13)5-15(12)26(23,24)20-11-3-1-9(2-4-11)14-8-25-21-19-14/h1-5,7-8,20H,6H2,(H,18,22). The molecule has 0 saturated carbocycles. The lowest BCUT2D eigenvalue weighted by Crippen LogP contribution is -2.13. The Morgan fingerprint density at radius 1 is 1.19 bits per heavy atom. The van der Waals surface area contributed by atoms with Crippen molar-refractivity contribution in [2.24, 2.45) is 0 Å². The number of aromatic nitrogens is 2. The number of benzene rings is 2. The van der Waals surface area contributed by atoms with E-state index in [0.717, 1.165) is 11.3 Å². The smallest absolute Gasteiger partial charge is 0.263 e. The van der Waals surface area contributed by atoms with Crippen LogP contribution in [0, 0.1) is 0 Å². The minimum atomic E-state index is -3.90. The number of anilines is 2. The monoisotopic (exact) mass is 406 g/mol. The van der Waals surface area contributed by atoms with Crippen LogP contribution in [0.5, 0.6) is 0 Å². The third-order valence-electron chi connectivity index (χ3n) is 3.87. The summed E-state index contributed by atoms with van der Waals surface area (Å²) in [6.07, 6.45) is 0.130. The zero-order valence-electron chi connectivity index (χ0n) is 13.1. The minimum absolute atomic E-state index is 0.0450. The van der Waals surface area contributed by atoms with Gasteiger partial charge in [-0.25, -0.2) is 8.42 Å². The van der Waals surface area contributed by atoms with Crippen LogP contribution in [-0.2, 0) is 21.2 Å². The normalized spacial score (nSPS) is 13.3. The van der Waals surface area contributed by atoms with Crippen molar-refractivity contribution in [3.8, 4) is 11.3 Å². The fourth-order valence-corrected chi connectivity index (χ4v) is 4.74. The van der Waals surface area contributed by atoms with Crippen LogP contribution in [-0.4, -0.2) is 23.9 Å². The van der Waals surface area contributed by atoms with Gasteiger partial charge in [0.05, 0.1) is 11.4 Å². The number of rotatable bonds is 4. The highest BCUT2D eigenvalue weighted by Gasteiger charge is 2.25. The number of amides is 1. The summed E-state index contributed by atoms with van der Waals surface area (Å²) in [4.78, 5) is 11.4. The van der Waals surface area contributed by atoms with Crippen LogP contribution < -0.4 is 10.0 Å². The van der Waals surface area contributed by atoms with Crippen LogP contribution in [0.2, 0.25) is 5.02 Å². The molecule has 0 aliphatic carbocycles. The Bertz CT molecular complexity index is 1100. The van der Waals surface area contributed by atoms with Crippen LogP contribution in [0.15, 0.2) is 46.7 Å². The van der Waals surface area contributed by atoms with Gasteiger partial charge in [0.1, 0.15) is 10.6 Å². The zero-order chi connectivity index (χ0) is 18.3. The summed E-state index contributed by atoms with van der Waals surface area (Å²) in [6.45, 7) is 0. The summed E-state index contributed by atoms with van der Waals surface area (Å²) in [6, 6.07) is 9.65. The number of halogens is 1. The Kier molecular flexibility index (Phi) is 4.14. The molecule has 1 aliphatic rings. The van der Waals surface area contributed by atoms with Gasteiger partial charge in [-0.15, -0.1) is 5.10 Å². The maximum Gasteiger partial charge on any atom is 0.263 e. The van der Waals surface area contributed by atoms with Crippen molar-refractivity contribution in [3.05, 3.63) is 52.4 Å². The van der Waals surface area contributed by atoms with Gasteiger partial charge >= 0.3 is 0 Å². The second kappa shape index (κ2) is 6.35. The van der Waals surface area contributed by atoms with Gasteiger partial charge in [-0.2, -0.15) is 0 Å². The molecule has 1 amide bonds. The molecule has 4 rings (SSSR count). The molecule has 7 nitrogen and oxygen atoms in total. The quantitative estimate of drug-likeness (QED) is 0.693. The highest BCUT2D eigenvalue weighted by molar-refractivity contribution is 7.92. The largest absolute Gasteiger partial charge is 0.325 e. The SMILES string of the molecule is O=C1Cc2cc(S(=O)(=O)Nc3ccc(-c4csnn4)cc3)c(Cl)cc2N1. The van der Waals surface area contributed by atoms with Crippen molar-refractivity contribution in [2.45, 2.75) is 11.3 Å². The van der Waals surface area contributed by atoms with E-state index in [2.05, 4.69) is 19.6 Å². The summed E-state index contributed by atoms with van der Waals surface area (Å²) in [5.74, 6) is -0.189. The second-order valence-corrected chi connectivity index (χ2v) is 8.31. The molecule has 26 heavy (non-hydrogen) atoms. The van der Waals surface area contributed by atoms with Crippen LogP contribution >= 0.6 is 23.1 Å². The van der Waals surface area contributed by atoms with E-state index in [4.69, 9.17) is 11.6 Å². The van der Waals surface area contributed by atoms with E-state index in [-0.39, 0.29) is 22.2 Å². The number of carbonyl (C=O) groups excluding carboxylic acids is 1. The summed E-state index contributed by atoms with van der Waals surface area (Å²) in [5.41, 5.74) is 3.10. The molecule has 0 radical (unpaired) electrons. The van der Waals surface area contributed by atoms with E-state index in [0.29, 0.717) is 16.9 Å². The molecule has 0 atom stereocenters. The molecule has 2 aromatic carbocycles. The topological polar surface area (TPSA) is 101 Å². The first kappa shape index (κ1) is 17.0. The zero-order valence-corrected chi connectivity index (χ0v) is 15.5. The van der Waals surface area contributed by atoms with Crippen LogP contribution in [0.1, 0.15) is 5.56 Å². The van der Waals surface area contributed by atoms with Gasteiger partial charge in [0.25, 0.3) is 10.0 Å². The fourth-order valence-electron chi connectivity index (χ4n) is 2.64. The Morgan fingerprint density at radius 2 is 1.96 bits per heavy atom. The summed E-state index contributed by atoms with van der Waals surface area (Å²) in [7, 11) is -3.90. The molecule has 1 aromatic heterocycles. The van der Waals surface area contributed by atoms with E-state index < -0.39 is 10.0 Å². The lowest BCUT2D eigenvalue weighted by molar-refractivity contribution is -0.115. The Hall–Kier alpha value is -2.49. The van der Waals surface area contributed by atoms with E-state index in [9.17, 15) is 13.2 Å². The van der Waals surface area contributed by atoms with Crippen molar-refractivity contribution in [2.75, 3.05) is 10.0 Å². The van der Waals surface area contributed by atoms with E-state index in [1.165, 1.54) is 23.7 Å². The molecular formula is C16H11ClN4O3S2. The van der Waals surface area contributed by atoms with Gasteiger partial charge < -0.3 is 5.32 Å². The number of nitrogens with zero attached hydrogens (tertiary/aromatic N) is 2. The first-order valence-electron chi connectivity index (χ1n) is 7.45. The van der Waals surface area contributed by atoms with Gasteiger partial charge in [-0.3, -0.25) is 9.52 Å². The molecule has 1 aliphatic heterocycles. The van der Waals surface area contributed by atoms with E-state index in [1.54, 1.807) is 29.6 Å². The maximum absolute atomic E-state index is 12.7. The van der Waals surface area contributed by atoms with Crippen molar-refractivity contribution in [3.63, 3.8) is 0 Å². The van der Waals surface area contributed by atoms with E-state index >= 15 is 0 Å². The molecule has 0 spiro atoms.